The minimum atomic E-state index is -1.29. The van der Waals surface area contributed by atoms with E-state index in [-0.39, 0.29) is 11.4 Å². The molecule has 0 saturated heterocycles. The lowest BCUT2D eigenvalue weighted by Crippen LogP contribution is -2.13. The van der Waals surface area contributed by atoms with Crippen LogP contribution in [0.5, 0.6) is 5.75 Å². The van der Waals surface area contributed by atoms with Gasteiger partial charge in [-0.2, -0.15) is 0 Å². The van der Waals surface area contributed by atoms with E-state index in [0.29, 0.717) is 59.8 Å². The number of carbonyl (C=O) groups is 1. The number of hydrogen-bond acceptors (Lipinski definition) is 5. The molecule has 182 valence electrons. The van der Waals surface area contributed by atoms with Crippen LogP contribution in [0.2, 0.25) is 0 Å². The molecule has 35 heavy (non-hydrogen) atoms. The van der Waals surface area contributed by atoms with Crippen LogP contribution in [0.3, 0.4) is 0 Å². The molecule has 2 aromatic carbocycles. The van der Waals surface area contributed by atoms with Crippen molar-refractivity contribution in [3.05, 3.63) is 71.2 Å². The number of aryl methyl sites for hydroxylation is 2. The fourth-order valence-corrected chi connectivity index (χ4v) is 4.30. The molecule has 0 spiro atoms. The standard InChI is InChI=1S/C26H26F2N4O3/c1-4-5-16-9-17(11-20(27)24(16)26(33)34)22-13-23(31-14-30-22)29-6-7-32-15(2)8-18-10-19(35-3)12-21(28)25(18)32/h8-14H,4-7H2,1-3H3,(H,33,34)(H,29,30,31). The van der Waals surface area contributed by atoms with Gasteiger partial charge in [0.25, 0.3) is 0 Å². The van der Waals surface area contributed by atoms with E-state index in [2.05, 4.69) is 15.3 Å². The average Bonchev–Trinajstić information content (AvgIpc) is 3.14. The number of ether oxygens (including phenoxy) is 1. The van der Waals surface area contributed by atoms with Crippen LogP contribution >= 0.6 is 0 Å². The maximum absolute atomic E-state index is 14.7. The van der Waals surface area contributed by atoms with Gasteiger partial charge in [0.15, 0.2) is 5.82 Å². The van der Waals surface area contributed by atoms with Crippen LogP contribution in [0, 0.1) is 18.6 Å². The second-order valence-corrected chi connectivity index (χ2v) is 8.25. The zero-order chi connectivity index (χ0) is 25.1. The van der Waals surface area contributed by atoms with Gasteiger partial charge in [-0.25, -0.2) is 23.5 Å². The van der Waals surface area contributed by atoms with E-state index in [4.69, 9.17) is 4.74 Å². The van der Waals surface area contributed by atoms with Crippen LogP contribution in [0.15, 0.2) is 42.7 Å². The lowest BCUT2D eigenvalue weighted by molar-refractivity contribution is 0.0690. The quantitative estimate of drug-likeness (QED) is 0.331. The predicted octanol–water partition coefficient (Wildman–Crippen LogP) is 5.46. The van der Waals surface area contributed by atoms with Gasteiger partial charge in [0.05, 0.1) is 23.9 Å². The van der Waals surface area contributed by atoms with Crippen molar-refractivity contribution < 1.29 is 23.4 Å². The molecule has 2 heterocycles. The summed E-state index contributed by atoms with van der Waals surface area (Å²) in [7, 11) is 1.50. The van der Waals surface area contributed by atoms with E-state index in [0.717, 1.165) is 11.1 Å². The van der Waals surface area contributed by atoms with Gasteiger partial charge in [0, 0.05) is 41.9 Å². The van der Waals surface area contributed by atoms with E-state index in [1.54, 1.807) is 18.2 Å². The average molecular weight is 481 g/mol. The Morgan fingerprint density at radius 2 is 1.91 bits per heavy atom. The molecule has 0 fully saturated rings. The van der Waals surface area contributed by atoms with Crippen LogP contribution in [0.25, 0.3) is 22.2 Å². The second kappa shape index (κ2) is 10.1. The van der Waals surface area contributed by atoms with E-state index in [9.17, 15) is 18.7 Å². The zero-order valence-electron chi connectivity index (χ0n) is 19.7. The van der Waals surface area contributed by atoms with E-state index in [1.807, 2.05) is 24.5 Å². The first kappa shape index (κ1) is 24.1. The molecule has 4 rings (SSSR count). The Morgan fingerprint density at radius 1 is 1.11 bits per heavy atom. The third-order valence-corrected chi connectivity index (χ3v) is 5.87. The molecule has 7 nitrogen and oxygen atoms in total. The van der Waals surface area contributed by atoms with Crippen molar-refractivity contribution in [2.24, 2.45) is 0 Å². The van der Waals surface area contributed by atoms with Crippen molar-refractivity contribution in [2.75, 3.05) is 19.0 Å². The van der Waals surface area contributed by atoms with Crippen LogP contribution < -0.4 is 10.1 Å². The number of fused-ring (bicyclic) bond motifs is 1. The number of carboxylic acid groups (broad SMARTS) is 1. The Labute approximate surface area is 201 Å². The predicted molar refractivity (Wildman–Crippen MR) is 130 cm³/mol. The molecule has 0 aliphatic carbocycles. The second-order valence-electron chi connectivity index (χ2n) is 8.25. The highest BCUT2D eigenvalue weighted by molar-refractivity contribution is 5.90. The first-order valence-electron chi connectivity index (χ1n) is 11.3. The fourth-order valence-electron chi connectivity index (χ4n) is 4.30. The smallest absolute Gasteiger partial charge is 0.338 e. The maximum Gasteiger partial charge on any atom is 0.338 e. The molecular weight excluding hydrogens is 454 g/mol. The summed E-state index contributed by atoms with van der Waals surface area (Å²) in [5.41, 5.74) is 2.49. The van der Waals surface area contributed by atoms with Crippen LogP contribution in [0.1, 0.15) is 35.0 Å². The zero-order valence-corrected chi connectivity index (χ0v) is 19.7. The van der Waals surface area contributed by atoms with E-state index < -0.39 is 11.8 Å². The monoisotopic (exact) mass is 480 g/mol. The van der Waals surface area contributed by atoms with Crippen molar-refractivity contribution in [2.45, 2.75) is 33.2 Å². The van der Waals surface area contributed by atoms with Gasteiger partial charge in [-0.15, -0.1) is 0 Å². The number of methoxy groups -OCH3 is 1. The minimum absolute atomic E-state index is 0.304. The number of nitrogens with one attached hydrogen (secondary N) is 1. The van der Waals surface area contributed by atoms with Gasteiger partial charge < -0.3 is 19.7 Å². The number of hydrogen-bond donors (Lipinski definition) is 2. The SMILES string of the molecule is CCCc1cc(-c2cc(NCCn3c(C)cc4cc(OC)cc(F)c43)ncn2)cc(F)c1C(=O)O. The number of aromatic carboxylic acids is 1. The Hall–Kier alpha value is -4.01. The van der Waals surface area contributed by atoms with Crippen LogP contribution in [-0.2, 0) is 13.0 Å². The largest absolute Gasteiger partial charge is 0.497 e. The van der Waals surface area contributed by atoms with Crippen LogP contribution in [0.4, 0.5) is 14.6 Å². The van der Waals surface area contributed by atoms with Gasteiger partial charge in [-0.1, -0.05) is 13.3 Å². The molecule has 2 N–H and O–H groups in total. The summed E-state index contributed by atoms with van der Waals surface area (Å²) in [6, 6.07) is 9.59. The summed E-state index contributed by atoms with van der Waals surface area (Å²) < 4.78 is 36.3. The van der Waals surface area contributed by atoms with Crippen molar-refractivity contribution in [3.8, 4) is 17.0 Å². The molecule has 0 bridgehead atoms. The van der Waals surface area contributed by atoms with Gasteiger partial charge >= 0.3 is 5.97 Å². The van der Waals surface area contributed by atoms with Crippen molar-refractivity contribution in [1.82, 2.24) is 14.5 Å². The number of aromatic nitrogens is 3. The molecule has 0 saturated carbocycles. The number of anilines is 1. The highest BCUT2D eigenvalue weighted by Gasteiger charge is 2.18. The number of benzene rings is 2. The number of rotatable bonds is 9. The summed E-state index contributed by atoms with van der Waals surface area (Å²) in [6.45, 7) is 4.76. The molecule has 0 unspecified atom stereocenters. The van der Waals surface area contributed by atoms with Gasteiger partial charge in [-0.05, 0) is 43.2 Å². The van der Waals surface area contributed by atoms with Crippen molar-refractivity contribution in [1.29, 1.82) is 0 Å². The normalized spacial score (nSPS) is 11.1. The van der Waals surface area contributed by atoms with Gasteiger partial charge in [0.1, 0.15) is 23.7 Å². The molecule has 2 aromatic heterocycles. The minimum Gasteiger partial charge on any atom is -0.497 e. The highest BCUT2D eigenvalue weighted by Crippen LogP contribution is 2.28. The summed E-state index contributed by atoms with van der Waals surface area (Å²) in [5.74, 6) is -1.45. The fraction of sp³-hybridized carbons (Fsp3) is 0.269. The molecule has 0 aliphatic heterocycles. The van der Waals surface area contributed by atoms with Gasteiger partial charge in [0.2, 0.25) is 0 Å². The number of nitrogens with zero attached hydrogens (tertiary/aromatic N) is 3. The van der Waals surface area contributed by atoms with Crippen LogP contribution in [-0.4, -0.2) is 39.3 Å². The van der Waals surface area contributed by atoms with Crippen molar-refractivity contribution >= 4 is 22.7 Å². The molecule has 0 radical (unpaired) electrons. The highest BCUT2D eigenvalue weighted by atomic mass is 19.1. The summed E-state index contributed by atoms with van der Waals surface area (Å²) >= 11 is 0. The Bertz CT molecular complexity index is 1400. The van der Waals surface area contributed by atoms with E-state index >= 15 is 0 Å². The first-order chi connectivity index (χ1) is 16.8. The Balaban J connectivity index is 1.55. The van der Waals surface area contributed by atoms with Crippen molar-refractivity contribution in [3.63, 3.8) is 0 Å². The molecule has 0 amide bonds. The molecule has 0 atom stereocenters. The topological polar surface area (TPSA) is 89.3 Å². The summed E-state index contributed by atoms with van der Waals surface area (Å²) in [4.78, 5) is 19.9. The lowest BCUT2D eigenvalue weighted by Gasteiger charge is -2.12. The number of halogens is 2. The summed E-state index contributed by atoms with van der Waals surface area (Å²) in [5, 5.41) is 13.3. The Kier molecular flexibility index (Phi) is 6.95. The first-order valence-corrected chi connectivity index (χ1v) is 11.3. The maximum atomic E-state index is 14.7. The summed E-state index contributed by atoms with van der Waals surface area (Å²) in [6.07, 6.45) is 2.48. The molecule has 9 heteroatoms. The lowest BCUT2D eigenvalue weighted by atomic mass is 9.98. The number of carboxylic acids is 1. The Morgan fingerprint density at radius 3 is 2.63 bits per heavy atom. The third kappa shape index (κ3) is 4.94. The molecule has 0 aliphatic rings. The van der Waals surface area contributed by atoms with Gasteiger partial charge in [-0.3, -0.25) is 0 Å². The third-order valence-electron chi connectivity index (χ3n) is 5.87. The molecular formula is C26H26F2N4O3. The van der Waals surface area contributed by atoms with E-state index in [1.165, 1.54) is 25.6 Å². The molecule has 4 aromatic rings.